The summed E-state index contributed by atoms with van der Waals surface area (Å²) in [7, 11) is 1.36. The van der Waals surface area contributed by atoms with Crippen molar-refractivity contribution in [1.29, 1.82) is 0 Å². The molecule has 1 aliphatic heterocycles. The second-order valence-corrected chi connectivity index (χ2v) is 6.33. The number of carbonyl (C=O) groups is 2. The summed E-state index contributed by atoms with van der Waals surface area (Å²) in [4.78, 5) is 24.1. The molecule has 0 aromatic heterocycles. The van der Waals surface area contributed by atoms with E-state index in [9.17, 15) is 9.59 Å². The third-order valence-electron chi connectivity index (χ3n) is 4.58. The van der Waals surface area contributed by atoms with Crippen LogP contribution in [-0.4, -0.2) is 18.9 Å². The molecule has 1 heterocycles. The number of ketones is 1. The summed E-state index contributed by atoms with van der Waals surface area (Å²) in [6.45, 7) is 4.12. The summed E-state index contributed by atoms with van der Waals surface area (Å²) >= 11 is 0. The lowest BCUT2D eigenvalue weighted by atomic mass is 9.98. The van der Waals surface area contributed by atoms with E-state index >= 15 is 0 Å². The zero-order chi connectivity index (χ0) is 17.3. The van der Waals surface area contributed by atoms with Gasteiger partial charge in [-0.15, -0.1) is 0 Å². The molecule has 1 N–H and O–H groups in total. The molecule has 0 bridgehead atoms. The fourth-order valence-electron chi connectivity index (χ4n) is 3.11. The third kappa shape index (κ3) is 3.18. The molecule has 4 nitrogen and oxygen atoms in total. The summed E-state index contributed by atoms with van der Waals surface area (Å²) in [6, 6.07) is 11.3. The number of fused-ring (bicyclic) bond motifs is 1. The molecule has 2 aromatic carbocycles. The quantitative estimate of drug-likeness (QED) is 0.855. The fraction of sp³-hybridized carbons (Fsp3) is 0.300. The number of benzene rings is 2. The van der Waals surface area contributed by atoms with Gasteiger partial charge in [0.15, 0.2) is 0 Å². The van der Waals surface area contributed by atoms with Crippen LogP contribution in [0.25, 0.3) is 0 Å². The number of methoxy groups -OCH3 is 1. The van der Waals surface area contributed by atoms with Gasteiger partial charge in [0.1, 0.15) is 5.78 Å². The number of Topliss-reactive ketones (excluding diaryl/α,β-unsaturated/α-hetero) is 1. The van der Waals surface area contributed by atoms with Crippen molar-refractivity contribution in [2.75, 3.05) is 12.4 Å². The molecule has 124 valence electrons. The van der Waals surface area contributed by atoms with E-state index in [0.29, 0.717) is 18.4 Å². The number of rotatable bonds is 2. The molecule has 1 atom stereocenters. The average molecular weight is 323 g/mol. The lowest BCUT2D eigenvalue weighted by Crippen LogP contribution is -2.14. The van der Waals surface area contributed by atoms with Gasteiger partial charge in [0.05, 0.1) is 18.7 Å². The van der Waals surface area contributed by atoms with Crippen LogP contribution in [-0.2, 0) is 16.0 Å². The van der Waals surface area contributed by atoms with E-state index in [4.69, 9.17) is 4.74 Å². The van der Waals surface area contributed by atoms with Crippen molar-refractivity contribution < 1.29 is 14.3 Å². The van der Waals surface area contributed by atoms with Crippen molar-refractivity contribution in [3.8, 4) is 0 Å². The summed E-state index contributed by atoms with van der Waals surface area (Å²) in [5, 5.41) is 3.49. The minimum atomic E-state index is -0.372. The second kappa shape index (κ2) is 6.48. The van der Waals surface area contributed by atoms with Crippen molar-refractivity contribution in [1.82, 2.24) is 0 Å². The van der Waals surface area contributed by atoms with E-state index in [2.05, 4.69) is 31.3 Å². The Morgan fingerprint density at radius 3 is 2.67 bits per heavy atom. The molecular formula is C20H21NO3. The molecule has 4 heteroatoms. The molecule has 1 aliphatic rings. The van der Waals surface area contributed by atoms with Crippen LogP contribution >= 0.6 is 0 Å². The second-order valence-electron chi connectivity index (χ2n) is 6.33. The Bertz CT molecular complexity index is 811. The van der Waals surface area contributed by atoms with Gasteiger partial charge in [-0.2, -0.15) is 0 Å². The molecule has 0 saturated carbocycles. The smallest absolute Gasteiger partial charge is 0.337 e. The Hall–Kier alpha value is -2.62. The molecule has 3 rings (SSSR count). The Morgan fingerprint density at radius 1 is 1.17 bits per heavy atom. The molecule has 2 aromatic rings. The van der Waals surface area contributed by atoms with Crippen molar-refractivity contribution in [3.05, 3.63) is 64.2 Å². The predicted octanol–water partition coefficient (Wildman–Crippen LogP) is 3.76. The molecule has 1 unspecified atom stereocenters. The molecule has 0 spiro atoms. The zero-order valence-corrected chi connectivity index (χ0v) is 14.2. The maximum absolute atomic E-state index is 12.4. The van der Waals surface area contributed by atoms with E-state index in [1.807, 2.05) is 12.1 Å². The largest absolute Gasteiger partial charge is 0.465 e. The summed E-state index contributed by atoms with van der Waals surface area (Å²) < 4.78 is 4.78. The Morgan fingerprint density at radius 2 is 1.92 bits per heavy atom. The first-order valence-electron chi connectivity index (χ1n) is 8.04. The van der Waals surface area contributed by atoms with Crippen LogP contribution in [0.5, 0.6) is 0 Å². The minimum absolute atomic E-state index is 0.148. The lowest BCUT2D eigenvalue weighted by molar-refractivity contribution is -0.118. The molecule has 0 saturated heterocycles. The number of anilines is 1. The van der Waals surface area contributed by atoms with Gasteiger partial charge >= 0.3 is 5.97 Å². The number of esters is 1. The lowest BCUT2D eigenvalue weighted by Gasteiger charge is -2.19. The fourth-order valence-corrected chi connectivity index (χ4v) is 3.11. The monoisotopic (exact) mass is 323 g/mol. The maximum atomic E-state index is 12.4. The molecule has 24 heavy (non-hydrogen) atoms. The number of aryl methyl sites for hydroxylation is 2. The highest BCUT2D eigenvalue weighted by atomic mass is 16.5. The zero-order valence-electron chi connectivity index (χ0n) is 14.2. The molecule has 0 radical (unpaired) electrons. The van der Waals surface area contributed by atoms with E-state index in [1.165, 1.54) is 18.2 Å². The standard InChI is InChI=1S/C20H21NO3/c1-12-7-16-10-17(22)11-19(21-18(16)8-13(12)2)14-5-4-6-15(9-14)20(23)24-3/h4-9,19,21H,10-11H2,1-3H3. The minimum Gasteiger partial charge on any atom is -0.465 e. The highest BCUT2D eigenvalue weighted by Crippen LogP contribution is 2.32. The van der Waals surface area contributed by atoms with E-state index < -0.39 is 0 Å². The molecule has 0 amide bonds. The van der Waals surface area contributed by atoms with Gasteiger partial charge in [0, 0.05) is 18.5 Å². The normalized spacial score (nSPS) is 16.8. The Kier molecular flexibility index (Phi) is 4.38. The van der Waals surface area contributed by atoms with Gasteiger partial charge in [0.2, 0.25) is 0 Å². The van der Waals surface area contributed by atoms with Crippen LogP contribution in [0.3, 0.4) is 0 Å². The van der Waals surface area contributed by atoms with Crippen LogP contribution in [0.2, 0.25) is 0 Å². The number of ether oxygens (including phenoxy) is 1. The van der Waals surface area contributed by atoms with Gasteiger partial charge in [-0.1, -0.05) is 18.2 Å². The summed E-state index contributed by atoms with van der Waals surface area (Å²) in [5.74, 6) is -0.179. The van der Waals surface area contributed by atoms with Gasteiger partial charge in [0.25, 0.3) is 0 Å². The highest BCUT2D eigenvalue weighted by Gasteiger charge is 2.23. The first-order valence-corrected chi connectivity index (χ1v) is 8.04. The maximum Gasteiger partial charge on any atom is 0.337 e. The predicted molar refractivity (Wildman–Crippen MR) is 93.4 cm³/mol. The SMILES string of the molecule is COC(=O)c1cccc(C2CC(=O)Cc3cc(C)c(C)cc3N2)c1. The van der Waals surface area contributed by atoms with Crippen molar-refractivity contribution in [2.24, 2.45) is 0 Å². The van der Waals surface area contributed by atoms with Crippen LogP contribution in [0.4, 0.5) is 5.69 Å². The summed E-state index contributed by atoms with van der Waals surface area (Å²) in [5.41, 5.74) is 5.82. The number of nitrogens with one attached hydrogen (secondary N) is 1. The van der Waals surface area contributed by atoms with Crippen molar-refractivity contribution in [3.63, 3.8) is 0 Å². The van der Waals surface area contributed by atoms with Crippen molar-refractivity contribution in [2.45, 2.75) is 32.7 Å². The summed E-state index contributed by atoms with van der Waals surface area (Å²) in [6.07, 6.45) is 0.841. The third-order valence-corrected chi connectivity index (χ3v) is 4.58. The van der Waals surface area contributed by atoms with E-state index in [-0.39, 0.29) is 17.8 Å². The highest BCUT2D eigenvalue weighted by molar-refractivity contribution is 5.90. The Labute approximate surface area is 141 Å². The van der Waals surface area contributed by atoms with Crippen LogP contribution in [0.1, 0.15) is 45.1 Å². The van der Waals surface area contributed by atoms with Crippen LogP contribution < -0.4 is 5.32 Å². The van der Waals surface area contributed by atoms with Gasteiger partial charge in [-0.05, 0) is 54.3 Å². The van der Waals surface area contributed by atoms with Gasteiger partial charge in [-0.3, -0.25) is 4.79 Å². The number of carbonyl (C=O) groups excluding carboxylic acids is 2. The van der Waals surface area contributed by atoms with Crippen LogP contribution in [0.15, 0.2) is 36.4 Å². The average Bonchev–Trinajstić information content (AvgIpc) is 2.73. The van der Waals surface area contributed by atoms with E-state index in [0.717, 1.165) is 16.8 Å². The van der Waals surface area contributed by atoms with Gasteiger partial charge in [-0.25, -0.2) is 4.79 Å². The van der Waals surface area contributed by atoms with Gasteiger partial charge < -0.3 is 10.1 Å². The number of hydrogen-bond donors (Lipinski definition) is 1. The number of hydrogen-bond acceptors (Lipinski definition) is 4. The topological polar surface area (TPSA) is 55.4 Å². The first kappa shape index (κ1) is 16.2. The Balaban J connectivity index is 1.98. The molecular weight excluding hydrogens is 302 g/mol. The molecule has 0 fully saturated rings. The van der Waals surface area contributed by atoms with E-state index in [1.54, 1.807) is 12.1 Å². The van der Waals surface area contributed by atoms with Crippen LogP contribution in [0, 0.1) is 13.8 Å². The molecule has 0 aliphatic carbocycles. The van der Waals surface area contributed by atoms with Crippen molar-refractivity contribution >= 4 is 17.4 Å². The first-order chi connectivity index (χ1) is 11.5.